The lowest BCUT2D eigenvalue weighted by Crippen LogP contribution is -2.35. The molecule has 142 valence electrons. The monoisotopic (exact) mass is 411 g/mol. The van der Waals surface area contributed by atoms with Gasteiger partial charge in [0.2, 0.25) is 11.8 Å². The number of thiophene rings is 1. The van der Waals surface area contributed by atoms with Crippen molar-refractivity contribution in [1.29, 1.82) is 0 Å². The Morgan fingerprint density at radius 3 is 2.61 bits per heavy atom. The van der Waals surface area contributed by atoms with Gasteiger partial charge in [0.15, 0.2) is 0 Å². The van der Waals surface area contributed by atoms with E-state index in [1.54, 1.807) is 12.4 Å². The standard InChI is InChI=1S/C20H18N3O3PS/c1-20(2)14-15(20)19(26)23(18(14)25)8-10-6-13-16(28-10)11(3-4-21-13)12-5-9(27)7-22-17(12)24/h3-7,14-15H,8,27H2,1-2H3,(H,22,24). The summed E-state index contributed by atoms with van der Waals surface area (Å²) in [6.07, 6.45) is 3.32. The summed E-state index contributed by atoms with van der Waals surface area (Å²) in [5.41, 5.74) is 1.76. The molecule has 2 fully saturated rings. The number of amides is 2. The molecule has 6 nitrogen and oxygen atoms in total. The number of piperidine rings is 1. The number of H-pyrrole nitrogens is 1. The van der Waals surface area contributed by atoms with Crippen LogP contribution in [0.15, 0.2) is 35.4 Å². The molecular formula is C20H18N3O3PS. The smallest absolute Gasteiger partial charge is 0.255 e. The summed E-state index contributed by atoms with van der Waals surface area (Å²) < 4.78 is 0.878. The second kappa shape index (κ2) is 5.82. The van der Waals surface area contributed by atoms with Crippen molar-refractivity contribution in [2.45, 2.75) is 20.4 Å². The van der Waals surface area contributed by atoms with Gasteiger partial charge in [0.05, 0.1) is 28.6 Å². The molecule has 1 saturated heterocycles. The number of likely N-dealkylation sites (tertiary alicyclic amines) is 1. The van der Waals surface area contributed by atoms with Crippen LogP contribution >= 0.6 is 20.6 Å². The maximum atomic E-state index is 12.6. The molecule has 0 radical (unpaired) electrons. The molecule has 1 aliphatic heterocycles. The van der Waals surface area contributed by atoms with Crippen molar-refractivity contribution < 1.29 is 9.59 Å². The number of carbonyl (C=O) groups is 2. The van der Waals surface area contributed by atoms with E-state index in [1.807, 2.05) is 32.0 Å². The predicted octanol–water partition coefficient (Wildman–Crippen LogP) is 2.29. The zero-order valence-corrected chi connectivity index (χ0v) is 17.3. The Hall–Kier alpha value is -2.37. The van der Waals surface area contributed by atoms with Crippen LogP contribution in [-0.4, -0.2) is 26.7 Å². The van der Waals surface area contributed by atoms with E-state index in [-0.39, 0.29) is 41.2 Å². The molecule has 2 amide bonds. The minimum Gasteiger partial charge on any atom is -0.328 e. The SMILES string of the molecule is CC1(C)C2C(=O)N(Cc3cc4nccc(-c5cc(P)c[nH]c5=O)c4s3)C(=O)C21. The molecule has 5 rings (SSSR count). The number of carbonyl (C=O) groups excluding carboxylic acids is 2. The summed E-state index contributed by atoms with van der Waals surface area (Å²) in [7, 11) is 2.58. The van der Waals surface area contributed by atoms with Gasteiger partial charge in [0.25, 0.3) is 5.56 Å². The molecule has 8 heteroatoms. The number of hydrogen-bond acceptors (Lipinski definition) is 5. The van der Waals surface area contributed by atoms with Crippen LogP contribution in [0.1, 0.15) is 18.7 Å². The minimum atomic E-state index is -0.205. The van der Waals surface area contributed by atoms with Crippen molar-refractivity contribution >= 4 is 47.9 Å². The summed E-state index contributed by atoms with van der Waals surface area (Å²) in [4.78, 5) is 46.9. The molecule has 4 heterocycles. The second-order valence-electron chi connectivity index (χ2n) is 8.00. The van der Waals surface area contributed by atoms with Crippen molar-refractivity contribution in [2.24, 2.45) is 17.3 Å². The maximum Gasteiger partial charge on any atom is 0.255 e. The number of aromatic amines is 1. The third-order valence-corrected chi connectivity index (χ3v) is 7.36. The van der Waals surface area contributed by atoms with E-state index >= 15 is 0 Å². The highest BCUT2D eigenvalue weighted by Gasteiger charge is 2.72. The summed E-state index contributed by atoms with van der Waals surface area (Å²) in [6, 6.07) is 5.54. The van der Waals surface area contributed by atoms with Crippen LogP contribution in [0.3, 0.4) is 0 Å². The number of nitrogens with zero attached hydrogens (tertiary/aromatic N) is 2. The van der Waals surface area contributed by atoms with Crippen molar-refractivity contribution in [3.05, 3.63) is 45.8 Å². The summed E-state index contributed by atoms with van der Waals surface area (Å²) in [6.45, 7) is 4.22. The fraction of sp³-hybridized carbons (Fsp3) is 0.300. The molecule has 0 aromatic carbocycles. The molecular weight excluding hydrogens is 393 g/mol. The topological polar surface area (TPSA) is 83.1 Å². The Bertz CT molecular complexity index is 1200. The van der Waals surface area contributed by atoms with Crippen LogP contribution in [0, 0.1) is 17.3 Å². The zero-order chi connectivity index (χ0) is 19.8. The number of nitrogens with one attached hydrogen (secondary N) is 1. The van der Waals surface area contributed by atoms with Gasteiger partial charge < -0.3 is 4.98 Å². The third-order valence-electron chi connectivity index (χ3n) is 5.88. The van der Waals surface area contributed by atoms with Gasteiger partial charge in [0, 0.05) is 28.4 Å². The van der Waals surface area contributed by atoms with Crippen LogP contribution in [0.5, 0.6) is 0 Å². The number of imide groups is 1. The molecule has 0 spiro atoms. The molecule has 28 heavy (non-hydrogen) atoms. The number of aromatic nitrogens is 2. The highest BCUT2D eigenvalue weighted by atomic mass is 32.1. The molecule has 3 atom stereocenters. The van der Waals surface area contributed by atoms with E-state index in [0.29, 0.717) is 5.56 Å². The number of rotatable bonds is 3. The number of pyridine rings is 2. The molecule has 3 aromatic heterocycles. The van der Waals surface area contributed by atoms with Gasteiger partial charge in [-0.1, -0.05) is 13.8 Å². The van der Waals surface area contributed by atoms with Crippen molar-refractivity contribution in [3.8, 4) is 11.1 Å². The molecule has 0 bridgehead atoms. The van der Waals surface area contributed by atoms with Gasteiger partial charge in [-0.05, 0) is 28.9 Å². The summed E-state index contributed by atoms with van der Waals surface area (Å²) in [5.74, 6) is -0.492. The van der Waals surface area contributed by atoms with E-state index in [2.05, 4.69) is 19.2 Å². The van der Waals surface area contributed by atoms with E-state index < -0.39 is 0 Å². The second-order valence-corrected chi connectivity index (χ2v) is 9.80. The Morgan fingerprint density at radius 1 is 1.18 bits per heavy atom. The van der Waals surface area contributed by atoms with Gasteiger partial charge in [-0.15, -0.1) is 20.6 Å². The van der Waals surface area contributed by atoms with E-state index in [1.165, 1.54) is 16.2 Å². The minimum absolute atomic E-state index is 0.0715. The summed E-state index contributed by atoms with van der Waals surface area (Å²) in [5, 5.41) is 0.881. The lowest BCUT2D eigenvalue weighted by atomic mass is 10.1. The van der Waals surface area contributed by atoms with E-state index in [0.717, 1.165) is 26.0 Å². The lowest BCUT2D eigenvalue weighted by Gasteiger charge is -2.19. The Balaban J connectivity index is 1.52. The zero-order valence-electron chi connectivity index (χ0n) is 15.4. The largest absolute Gasteiger partial charge is 0.328 e. The predicted molar refractivity (Wildman–Crippen MR) is 111 cm³/mol. The first-order valence-electron chi connectivity index (χ1n) is 9.00. The molecule has 3 unspecified atom stereocenters. The average molecular weight is 411 g/mol. The third kappa shape index (κ3) is 2.43. The highest BCUT2D eigenvalue weighted by molar-refractivity contribution is 7.27. The molecule has 1 N–H and O–H groups in total. The molecule has 3 aromatic rings. The van der Waals surface area contributed by atoms with Gasteiger partial charge >= 0.3 is 0 Å². The van der Waals surface area contributed by atoms with Crippen LogP contribution in [0.2, 0.25) is 0 Å². The fourth-order valence-corrected chi connectivity index (χ4v) is 5.67. The normalized spacial score (nSPS) is 22.8. The Labute approximate surface area is 167 Å². The first kappa shape index (κ1) is 17.7. The van der Waals surface area contributed by atoms with Crippen molar-refractivity contribution in [2.75, 3.05) is 0 Å². The maximum absolute atomic E-state index is 12.6. The van der Waals surface area contributed by atoms with Gasteiger partial charge in [-0.2, -0.15) is 0 Å². The van der Waals surface area contributed by atoms with Crippen LogP contribution in [0.25, 0.3) is 21.3 Å². The van der Waals surface area contributed by atoms with E-state index in [9.17, 15) is 14.4 Å². The van der Waals surface area contributed by atoms with Gasteiger partial charge in [-0.25, -0.2) is 0 Å². The van der Waals surface area contributed by atoms with E-state index in [4.69, 9.17) is 0 Å². The number of hydrogen-bond donors (Lipinski definition) is 1. The van der Waals surface area contributed by atoms with Crippen LogP contribution in [0.4, 0.5) is 0 Å². The highest BCUT2D eigenvalue weighted by Crippen LogP contribution is 2.63. The molecule has 1 aliphatic carbocycles. The molecule has 2 aliphatic rings. The Morgan fingerprint density at radius 2 is 1.89 bits per heavy atom. The van der Waals surface area contributed by atoms with Crippen molar-refractivity contribution in [3.63, 3.8) is 0 Å². The number of fused-ring (bicyclic) bond motifs is 2. The Kier molecular flexibility index (Phi) is 3.68. The first-order valence-corrected chi connectivity index (χ1v) is 10.4. The van der Waals surface area contributed by atoms with Crippen LogP contribution in [-0.2, 0) is 16.1 Å². The van der Waals surface area contributed by atoms with Crippen molar-refractivity contribution in [1.82, 2.24) is 14.9 Å². The molecule has 1 saturated carbocycles. The van der Waals surface area contributed by atoms with Gasteiger partial charge in [-0.3, -0.25) is 24.3 Å². The van der Waals surface area contributed by atoms with Gasteiger partial charge in [0.1, 0.15) is 0 Å². The first-order chi connectivity index (χ1) is 13.3. The van der Waals surface area contributed by atoms with Crippen LogP contribution < -0.4 is 10.9 Å². The average Bonchev–Trinajstić information content (AvgIpc) is 2.91. The fourth-order valence-electron chi connectivity index (χ4n) is 4.29. The lowest BCUT2D eigenvalue weighted by molar-refractivity contribution is -0.143. The quantitative estimate of drug-likeness (QED) is 0.530. The summed E-state index contributed by atoms with van der Waals surface area (Å²) >= 11 is 1.47.